The highest BCUT2D eigenvalue weighted by molar-refractivity contribution is 5.71. The molecule has 0 bridgehead atoms. The number of hydrogen-bond donors (Lipinski definition) is 0. The van der Waals surface area contributed by atoms with E-state index in [1.165, 1.54) is 135 Å². The molecule has 0 aliphatic rings. The van der Waals surface area contributed by atoms with Gasteiger partial charge in [-0.1, -0.05) is 283 Å². The molecule has 0 radical (unpaired) electrons. The van der Waals surface area contributed by atoms with Crippen molar-refractivity contribution >= 4 is 17.9 Å². The van der Waals surface area contributed by atoms with Crippen molar-refractivity contribution in [2.45, 2.75) is 297 Å². The Hall–Kier alpha value is -4.45. The average Bonchev–Trinajstić information content (AvgIpc) is 3.45. The Kier molecular flexibility index (Phi) is 62.3. The Morgan fingerprint density at radius 2 is 0.519 bits per heavy atom. The van der Waals surface area contributed by atoms with Gasteiger partial charge in [-0.3, -0.25) is 14.4 Å². The smallest absolute Gasteiger partial charge is 0.306 e. The van der Waals surface area contributed by atoms with E-state index in [-0.39, 0.29) is 37.5 Å². The number of allylic oxidation sites excluding steroid dienone is 22. The van der Waals surface area contributed by atoms with E-state index >= 15 is 0 Å². The quantitative estimate of drug-likeness (QED) is 0.0261. The van der Waals surface area contributed by atoms with Crippen molar-refractivity contribution in [2.75, 3.05) is 13.2 Å². The molecule has 0 aliphatic carbocycles. The summed E-state index contributed by atoms with van der Waals surface area (Å²) in [4.78, 5) is 38.3. The molecule has 0 aromatic carbocycles. The lowest BCUT2D eigenvalue weighted by molar-refractivity contribution is -0.166. The molecule has 0 aromatic heterocycles. The SMILES string of the molecule is CC/C=C\C/C=C\C/C=C\C/C=C\CCCCCCCCCCCCCCC(=O)OCC(COC(=O)CC/C=C\C/C=C\C/C=C\C/C=C\CC)OC(=O)CCCCCCCCCC/C=C\C/C=C\C/C=C\CCCCCCC. The fraction of sp³-hybridized carbons (Fsp3) is 0.658. The summed E-state index contributed by atoms with van der Waals surface area (Å²) in [5.41, 5.74) is 0. The first-order valence-corrected chi connectivity index (χ1v) is 32.7. The second-order valence-electron chi connectivity index (χ2n) is 21.3. The molecule has 0 rings (SSSR count). The number of ether oxygens (including phenoxy) is 3. The summed E-state index contributed by atoms with van der Waals surface area (Å²) in [6, 6.07) is 0. The monoisotopic (exact) mass is 1090 g/mol. The molecule has 0 aromatic rings. The van der Waals surface area contributed by atoms with Gasteiger partial charge in [-0.2, -0.15) is 0 Å². The van der Waals surface area contributed by atoms with Crippen molar-refractivity contribution in [1.29, 1.82) is 0 Å². The molecule has 0 saturated heterocycles. The number of rotatable bonds is 58. The van der Waals surface area contributed by atoms with E-state index in [4.69, 9.17) is 14.2 Å². The minimum absolute atomic E-state index is 0.107. The van der Waals surface area contributed by atoms with Gasteiger partial charge in [0.2, 0.25) is 0 Å². The predicted octanol–water partition coefficient (Wildman–Crippen LogP) is 22.5. The summed E-state index contributed by atoms with van der Waals surface area (Å²) < 4.78 is 16.9. The second kappa shape index (κ2) is 66.1. The number of unbranched alkanes of at least 4 members (excludes halogenated alkanes) is 25. The lowest BCUT2D eigenvalue weighted by Crippen LogP contribution is -2.30. The van der Waals surface area contributed by atoms with Crippen molar-refractivity contribution in [3.05, 3.63) is 134 Å². The van der Waals surface area contributed by atoms with Gasteiger partial charge < -0.3 is 14.2 Å². The fourth-order valence-corrected chi connectivity index (χ4v) is 8.81. The van der Waals surface area contributed by atoms with E-state index in [0.29, 0.717) is 19.3 Å². The zero-order valence-corrected chi connectivity index (χ0v) is 51.3. The highest BCUT2D eigenvalue weighted by Crippen LogP contribution is 2.16. The minimum Gasteiger partial charge on any atom is -0.462 e. The van der Waals surface area contributed by atoms with E-state index in [9.17, 15) is 14.4 Å². The highest BCUT2D eigenvalue weighted by Gasteiger charge is 2.19. The van der Waals surface area contributed by atoms with Crippen molar-refractivity contribution < 1.29 is 28.6 Å². The Morgan fingerprint density at radius 1 is 0.266 bits per heavy atom. The van der Waals surface area contributed by atoms with Crippen LogP contribution < -0.4 is 0 Å². The van der Waals surface area contributed by atoms with Gasteiger partial charge in [0.15, 0.2) is 6.10 Å². The summed E-state index contributed by atoms with van der Waals surface area (Å²) >= 11 is 0. The Bertz CT molecular complexity index is 1680. The normalized spacial score (nSPS) is 13.0. The molecular weight excluding hydrogens is 973 g/mol. The minimum atomic E-state index is -0.817. The molecular formula is C73H120O6. The van der Waals surface area contributed by atoms with E-state index in [1.807, 2.05) is 6.08 Å². The number of esters is 3. The van der Waals surface area contributed by atoms with E-state index in [1.54, 1.807) is 0 Å². The van der Waals surface area contributed by atoms with Crippen molar-refractivity contribution in [3.8, 4) is 0 Å². The standard InChI is InChI=1S/C73H120O6/c1-4-7-10-13-16-19-22-25-27-29-31-33-35-36-38-39-41-43-45-48-51-54-57-60-63-66-72(75)78-69-70(68-77-71(74)65-62-59-56-53-50-47-24-21-18-15-12-9-6-3)79-73(76)67-64-61-58-55-52-49-46-44-42-40-37-34-32-30-28-26-23-20-17-14-11-8-5-2/h7,9-10,12,16,18-19,21,23,25-27,30-33,37,40,47,50,56,59,70H,4-6,8,11,13-15,17,20,22,24,28-29,34-36,38-39,41-46,48-49,51-55,57-58,60-69H2,1-3H3/b10-7-,12-9-,19-16-,21-18-,26-23-,27-25-,32-30-,33-31-,40-37-,50-47-,59-56-. The van der Waals surface area contributed by atoms with E-state index in [0.717, 1.165) is 109 Å². The van der Waals surface area contributed by atoms with Crippen LogP contribution in [-0.4, -0.2) is 37.2 Å². The first-order valence-electron chi connectivity index (χ1n) is 32.7. The summed E-state index contributed by atoms with van der Waals surface area (Å²) in [5, 5.41) is 0. The van der Waals surface area contributed by atoms with Gasteiger partial charge >= 0.3 is 17.9 Å². The topological polar surface area (TPSA) is 78.9 Å². The third-order valence-electron chi connectivity index (χ3n) is 13.6. The van der Waals surface area contributed by atoms with E-state index < -0.39 is 6.10 Å². The molecule has 448 valence electrons. The molecule has 6 heteroatoms. The van der Waals surface area contributed by atoms with Crippen LogP contribution >= 0.6 is 0 Å². The molecule has 79 heavy (non-hydrogen) atoms. The molecule has 0 fully saturated rings. The van der Waals surface area contributed by atoms with Gasteiger partial charge in [-0.05, 0) is 122 Å². The lowest BCUT2D eigenvalue weighted by atomic mass is 10.0. The molecule has 1 atom stereocenters. The summed E-state index contributed by atoms with van der Waals surface area (Å²) in [7, 11) is 0. The van der Waals surface area contributed by atoms with Crippen LogP contribution in [-0.2, 0) is 28.6 Å². The molecule has 6 nitrogen and oxygen atoms in total. The number of hydrogen-bond acceptors (Lipinski definition) is 6. The second-order valence-corrected chi connectivity index (χ2v) is 21.3. The van der Waals surface area contributed by atoms with Crippen molar-refractivity contribution in [2.24, 2.45) is 0 Å². The van der Waals surface area contributed by atoms with Crippen LogP contribution in [0.1, 0.15) is 290 Å². The third-order valence-corrected chi connectivity index (χ3v) is 13.6. The molecule has 0 amide bonds. The van der Waals surface area contributed by atoms with Crippen LogP contribution in [0.25, 0.3) is 0 Å². The maximum atomic E-state index is 12.9. The zero-order chi connectivity index (χ0) is 57.1. The maximum absolute atomic E-state index is 12.9. The van der Waals surface area contributed by atoms with Crippen LogP contribution in [0.2, 0.25) is 0 Å². The molecule has 1 unspecified atom stereocenters. The zero-order valence-electron chi connectivity index (χ0n) is 51.3. The van der Waals surface area contributed by atoms with Crippen LogP contribution in [0.5, 0.6) is 0 Å². The lowest BCUT2D eigenvalue weighted by Gasteiger charge is -2.18. The first-order chi connectivity index (χ1) is 39.0. The first kappa shape index (κ1) is 74.5. The van der Waals surface area contributed by atoms with Crippen molar-refractivity contribution in [1.82, 2.24) is 0 Å². The van der Waals surface area contributed by atoms with Gasteiger partial charge in [0.25, 0.3) is 0 Å². The maximum Gasteiger partial charge on any atom is 0.306 e. The number of carbonyl (C=O) groups excluding carboxylic acids is 3. The van der Waals surface area contributed by atoms with Crippen molar-refractivity contribution in [3.63, 3.8) is 0 Å². The molecule has 0 heterocycles. The summed E-state index contributed by atoms with van der Waals surface area (Å²) in [6.07, 6.45) is 93.3. The van der Waals surface area contributed by atoms with Gasteiger partial charge in [-0.25, -0.2) is 0 Å². The van der Waals surface area contributed by atoms with E-state index in [2.05, 4.69) is 148 Å². The molecule has 0 saturated carbocycles. The molecule has 0 spiro atoms. The summed E-state index contributed by atoms with van der Waals surface area (Å²) in [6.45, 7) is 6.34. The largest absolute Gasteiger partial charge is 0.462 e. The number of carbonyl (C=O) groups is 3. The van der Waals surface area contributed by atoms with Crippen LogP contribution in [0.3, 0.4) is 0 Å². The third kappa shape index (κ3) is 64.3. The average molecular weight is 1090 g/mol. The molecule has 0 N–H and O–H groups in total. The van der Waals surface area contributed by atoms with Gasteiger partial charge in [-0.15, -0.1) is 0 Å². The van der Waals surface area contributed by atoms with Gasteiger partial charge in [0, 0.05) is 19.3 Å². The van der Waals surface area contributed by atoms with Crippen LogP contribution in [0, 0.1) is 0 Å². The van der Waals surface area contributed by atoms with Crippen LogP contribution in [0.15, 0.2) is 134 Å². The molecule has 0 aliphatic heterocycles. The predicted molar refractivity (Wildman–Crippen MR) is 343 cm³/mol. The van der Waals surface area contributed by atoms with Gasteiger partial charge in [0.1, 0.15) is 13.2 Å². The fourth-order valence-electron chi connectivity index (χ4n) is 8.81. The van der Waals surface area contributed by atoms with Crippen LogP contribution in [0.4, 0.5) is 0 Å². The Morgan fingerprint density at radius 3 is 0.848 bits per heavy atom. The van der Waals surface area contributed by atoms with Gasteiger partial charge in [0.05, 0.1) is 0 Å². The Labute approximate surface area is 487 Å². The highest BCUT2D eigenvalue weighted by atomic mass is 16.6. The Balaban J connectivity index is 4.38. The summed E-state index contributed by atoms with van der Waals surface area (Å²) in [5.74, 6) is -0.998.